The molecule has 2 aromatic rings. The monoisotopic (exact) mass is 310 g/mol. The first-order valence-electron chi connectivity index (χ1n) is 5.78. The average molecular weight is 310 g/mol. The van der Waals surface area contributed by atoms with Crippen LogP contribution in [0, 0.1) is 24.6 Å². The van der Waals surface area contributed by atoms with Gasteiger partial charge in [0, 0.05) is 6.07 Å². The van der Waals surface area contributed by atoms with Crippen LogP contribution < -0.4 is 4.72 Å². The Morgan fingerprint density at radius 3 is 2.76 bits per heavy atom. The van der Waals surface area contributed by atoms with Crippen LogP contribution in [0.4, 0.5) is 10.3 Å². The summed E-state index contributed by atoms with van der Waals surface area (Å²) in [6, 6.07) is 4.66. The van der Waals surface area contributed by atoms with Crippen LogP contribution in [0.15, 0.2) is 33.7 Å². The molecule has 0 amide bonds. The summed E-state index contributed by atoms with van der Waals surface area (Å²) >= 11 is 0. The van der Waals surface area contributed by atoms with E-state index in [2.05, 4.69) is 21.7 Å². The zero-order valence-electron chi connectivity index (χ0n) is 10.9. The molecule has 6 nitrogen and oxygen atoms in total. The molecule has 0 aliphatic carbocycles. The zero-order chi connectivity index (χ0) is 15.5. The second-order valence-electron chi connectivity index (χ2n) is 4.04. The number of sulfonamides is 1. The third kappa shape index (κ3) is 3.59. The molecule has 0 radical (unpaired) electrons. The molecule has 1 aromatic carbocycles. The lowest BCUT2D eigenvalue weighted by Crippen LogP contribution is -2.12. The quantitative estimate of drug-likeness (QED) is 0.833. The number of halogens is 1. The maximum atomic E-state index is 13.7. The summed E-state index contributed by atoms with van der Waals surface area (Å²) in [5, 5.41) is 12.1. The summed E-state index contributed by atoms with van der Waals surface area (Å²) in [4.78, 5) is -0.274. The molecule has 0 aliphatic rings. The van der Waals surface area contributed by atoms with Crippen molar-refractivity contribution < 1.29 is 22.4 Å². The van der Waals surface area contributed by atoms with Gasteiger partial charge in [0.15, 0.2) is 0 Å². The molecule has 8 heteroatoms. The maximum Gasteiger partial charge on any atom is 0.264 e. The van der Waals surface area contributed by atoms with Gasteiger partial charge in [-0.25, -0.2) is 17.5 Å². The molecule has 21 heavy (non-hydrogen) atoms. The predicted molar refractivity (Wildman–Crippen MR) is 72.4 cm³/mol. The van der Waals surface area contributed by atoms with Gasteiger partial charge in [0.2, 0.25) is 5.88 Å². The minimum absolute atomic E-state index is 0.00138. The van der Waals surface area contributed by atoms with E-state index in [0.717, 1.165) is 6.07 Å². The highest BCUT2D eigenvalue weighted by molar-refractivity contribution is 7.92. The van der Waals surface area contributed by atoms with Crippen molar-refractivity contribution in [3.05, 3.63) is 41.3 Å². The number of aryl methyl sites for hydroxylation is 1. The van der Waals surface area contributed by atoms with Gasteiger partial charge in [0.25, 0.3) is 10.0 Å². The molecule has 0 bridgehead atoms. The van der Waals surface area contributed by atoms with Crippen molar-refractivity contribution in [3.8, 4) is 11.8 Å². The van der Waals surface area contributed by atoms with Crippen molar-refractivity contribution >= 4 is 15.9 Å². The van der Waals surface area contributed by atoms with E-state index >= 15 is 0 Å². The van der Waals surface area contributed by atoms with E-state index in [1.54, 1.807) is 6.92 Å². The molecule has 1 aromatic heterocycles. The van der Waals surface area contributed by atoms with Crippen LogP contribution in [0.1, 0.15) is 11.3 Å². The smallest absolute Gasteiger partial charge is 0.264 e. The summed E-state index contributed by atoms with van der Waals surface area (Å²) < 4.78 is 44.7. The van der Waals surface area contributed by atoms with E-state index in [-0.39, 0.29) is 16.3 Å². The molecule has 110 valence electrons. The number of aliphatic hydroxyl groups excluding tert-OH is 1. The van der Waals surface area contributed by atoms with Gasteiger partial charge in [-0.05, 0) is 25.1 Å². The lowest BCUT2D eigenvalue weighted by atomic mass is 10.2. The Bertz CT molecular complexity index is 818. The Morgan fingerprint density at radius 2 is 2.19 bits per heavy atom. The Balaban J connectivity index is 2.30. The van der Waals surface area contributed by atoms with Crippen LogP contribution in [-0.2, 0) is 10.0 Å². The Labute approximate surface area is 120 Å². The van der Waals surface area contributed by atoms with E-state index < -0.39 is 22.4 Å². The number of benzene rings is 1. The summed E-state index contributed by atoms with van der Waals surface area (Å²) in [5.74, 6) is 3.80. The topological polar surface area (TPSA) is 92.4 Å². The summed E-state index contributed by atoms with van der Waals surface area (Å²) in [6.45, 7) is 1.22. The number of nitrogens with zero attached hydrogens (tertiary/aromatic N) is 1. The van der Waals surface area contributed by atoms with Crippen molar-refractivity contribution in [1.82, 2.24) is 5.16 Å². The van der Waals surface area contributed by atoms with Crippen molar-refractivity contribution in [3.63, 3.8) is 0 Å². The zero-order valence-corrected chi connectivity index (χ0v) is 11.7. The van der Waals surface area contributed by atoms with Crippen molar-refractivity contribution in [2.45, 2.75) is 11.8 Å². The van der Waals surface area contributed by atoms with E-state index in [4.69, 9.17) is 9.63 Å². The molecule has 0 fully saturated rings. The molecule has 2 rings (SSSR count). The third-order valence-corrected chi connectivity index (χ3v) is 3.76. The lowest BCUT2D eigenvalue weighted by Gasteiger charge is -2.05. The van der Waals surface area contributed by atoms with E-state index in [1.807, 2.05) is 0 Å². The third-order valence-electron chi connectivity index (χ3n) is 2.42. The lowest BCUT2D eigenvalue weighted by molar-refractivity contribution is 0.350. The van der Waals surface area contributed by atoms with Crippen LogP contribution in [0.25, 0.3) is 0 Å². The van der Waals surface area contributed by atoms with Gasteiger partial charge < -0.3 is 9.63 Å². The predicted octanol–water partition coefficient (Wildman–Crippen LogP) is 1.27. The molecule has 0 saturated carbocycles. The second kappa shape index (κ2) is 5.95. The maximum absolute atomic E-state index is 13.7. The molecular formula is C13H11FN2O4S. The molecule has 2 N–H and O–H groups in total. The Hall–Kier alpha value is -2.37. The number of anilines is 1. The first kappa shape index (κ1) is 15.0. The van der Waals surface area contributed by atoms with E-state index in [1.165, 1.54) is 18.2 Å². The highest BCUT2D eigenvalue weighted by atomic mass is 32.2. The summed E-state index contributed by atoms with van der Waals surface area (Å²) in [7, 11) is -3.98. The highest BCUT2D eigenvalue weighted by Gasteiger charge is 2.18. The Morgan fingerprint density at radius 1 is 1.43 bits per heavy atom. The number of rotatable bonds is 3. The van der Waals surface area contributed by atoms with E-state index in [9.17, 15) is 12.8 Å². The van der Waals surface area contributed by atoms with Gasteiger partial charge in [-0.3, -0.25) is 0 Å². The van der Waals surface area contributed by atoms with E-state index in [0.29, 0.717) is 5.69 Å². The van der Waals surface area contributed by atoms with Gasteiger partial charge in [0.1, 0.15) is 12.4 Å². The van der Waals surface area contributed by atoms with Crippen molar-refractivity contribution in [2.24, 2.45) is 0 Å². The van der Waals surface area contributed by atoms with Gasteiger partial charge in [-0.2, -0.15) is 0 Å². The number of aromatic nitrogens is 1. The molecule has 0 spiro atoms. The van der Waals surface area contributed by atoms with Crippen LogP contribution in [-0.4, -0.2) is 25.3 Å². The fourth-order valence-corrected chi connectivity index (χ4v) is 2.49. The minimum atomic E-state index is -3.98. The summed E-state index contributed by atoms with van der Waals surface area (Å²) in [5.41, 5.74) is 0.506. The van der Waals surface area contributed by atoms with Crippen LogP contribution >= 0.6 is 0 Å². The molecular weight excluding hydrogens is 299 g/mol. The first-order valence-corrected chi connectivity index (χ1v) is 7.26. The SMILES string of the molecule is Cc1cc(NS(=O)(=O)c2ccc(C#CCO)c(F)c2)on1. The van der Waals surface area contributed by atoms with Crippen LogP contribution in [0.2, 0.25) is 0 Å². The molecule has 0 unspecified atom stereocenters. The standard InChI is InChI=1S/C13H11FN2O4S/c1-9-7-13(20-15-9)16-21(18,19)11-5-4-10(3-2-6-17)12(14)8-11/h4-5,7-8,16-17H,6H2,1H3. The summed E-state index contributed by atoms with van der Waals surface area (Å²) in [6.07, 6.45) is 0. The first-order chi connectivity index (χ1) is 9.92. The highest BCUT2D eigenvalue weighted by Crippen LogP contribution is 2.19. The van der Waals surface area contributed by atoms with Gasteiger partial charge in [-0.1, -0.05) is 17.0 Å². The van der Waals surface area contributed by atoms with Crippen molar-refractivity contribution in [2.75, 3.05) is 11.3 Å². The molecule has 0 saturated heterocycles. The normalized spacial score (nSPS) is 10.8. The van der Waals surface area contributed by atoms with Crippen LogP contribution in [0.5, 0.6) is 0 Å². The van der Waals surface area contributed by atoms with Gasteiger partial charge in [-0.15, -0.1) is 0 Å². The fraction of sp³-hybridized carbons (Fsp3) is 0.154. The average Bonchev–Trinajstić information content (AvgIpc) is 2.82. The number of nitrogens with one attached hydrogen (secondary N) is 1. The Kier molecular flexibility index (Phi) is 4.26. The largest absolute Gasteiger partial charge is 0.384 e. The van der Waals surface area contributed by atoms with Crippen LogP contribution in [0.3, 0.4) is 0 Å². The molecule has 0 atom stereocenters. The van der Waals surface area contributed by atoms with Crippen molar-refractivity contribution in [1.29, 1.82) is 0 Å². The van der Waals surface area contributed by atoms with Gasteiger partial charge >= 0.3 is 0 Å². The number of hydrogen-bond donors (Lipinski definition) is 2. The number of hydrogen-bond acceptors (Lipinski definition) is 5. The second-order valence-corrected chi connectivity index (χ2v) is 5.72. The van der Waals surface area contributed by atoms with Gasteiger partial charge in [0.05, 0.1) is 16.2 Å². The molecule has 1 heterocycles. The molecule has 0 aliphatic heterocycles. The number of aliphatic hydroxyl groups is 1. The fourth-order valence-electron chi connectivity index (χ4n) is 1.50. The minimum Gasteiger partial charge on any atom is -0.384 e.